The number of allylic oxidation sites excluding steroid dienone is 28. The van der Waals surface area contributed by atoms with E-state index in [1.165, 1.54) is 193 Å². The summed E-state index contributed by atoms with van der Waals surface area (Å²) in [5.74, 6) is -1.57. The number of aliphatic hydroxyl groups excluding tert-OH is 2. The molecule has 0 saturated heterocycles. The Bertz CT molecular complexity index is 2920. The summed E-state index contributed by atoms with van der Waals surface area (Å²) in [6, 6.07) is 0. The highest BCUT2D eigenvalue weighted by atomic mass is 31.2. The summed E-state index contributed by atoms with van der Waals surface area (Å²) in [6.07, 6.45) is 125. The lowest BCUT2D eigenvalue weighted by molar-refractivity contribution is -0.161. The monoisotopic (exact) mass is 1760 g/mol. The van der Waals surface area contributed by atoms with E-state index >= 15 is 0 Å². The maximum Gasteiger partial charge on any atom is 0.472 e. The summed E-state index contributed by atoms with van der Waals surface area (Å²) >= 11 is 0. The van der Waals surface area contributed by atoms with E-state index in [-0.39, 0.29) is 19.3 Å². The molecule has 0 saturated carbocycles. The van der Waals surface area contributed by atoms with Gasteiger partial charge in [0.25, 0.3) is 0 Å². The number of aliphatic hydroxyl groups is 2. The van der Waals surface area contributed by atoms with Gasteiger partial charge in [-0.15, -0.1) is 0 Å². The summed E-state index contributed by atoms with van der Waals surface area (Å²) in [5.41, 5.74) is 0. The lowest BCUT2D eigenvalue weighted by Gasteiger charge is -2.21. The molecule has 0 aromatic carbocycles. The fraction of sp³-hybridized carbons (Fsp3) is 0.705. The molecule has 4 N–H and O–H groups in total. The molecule has 0 radical (unpaired) electrons. The smallest absolute Gasteiger partial charge is 0.463 e. The van der Waals surface area contributed by atoms with Crippen molar-refractivity contribution in [3.8, 4) is 0 Å². The van der Waals surface area contributed by atoms with Crippen molar-refractivity contribution in [2.45, 2.75) is 437 Å². The molecule has 18 heteroatoms. The molecule has 0 aliphatic rings. The number of phosphoric acid groups is 2. The van der Waals surface area contributed by atoms with Crippen LogP contribution in [0.1, 0.15) is 419 Å². The molecule has 16 nitrogen and oxygen atoms in total. The highest BCUT2D eigenvalue weighted by Gasteiger charge is 2.30. The highest BCUT2D eigenvalue weighted by Crippen LogP contribution is 2.45. The zero-order valence-electron chi connectivity index (χ0n) is 78.1. The predicted octanol–water partition coefficient (Wildman–Crippen LogP) is 31.0. The number of carbonyl (C=O) groups is 3. The molecule has 5 unspecified atom stereocenters. The molecule has 0 aliphatic carbocycles. The van der Waals surface area contributed by atoms with Crippen LogP contribution in [0.15, 0.2) is 170 Å². The summed E-state index contributed by atoms with van der Waals surface area (Å²) in [7, 11) is -9.82. The number of phosphoric ester groups is 2. The fourth-order valence-corrected chi connectivity index (χ4v) is 15.1. The predicted molar refractivity (Wildman–Crippen MR) is 519 cm³/mol. The first-order valence-electron chi connectivity index (χ1n) is 49.4. The molecule has 0 aromatic rings. The molecule has 0 bridgehead atoms. The highest BCUT2D eigenvalue weighted by molar-refractivity contribution is 7.47. The molecule has 0 rings (SSSR count). The van der Waals surface area contributed by atoms with Gasteiger partial charge in [0.15, 0.2) is 6.10 Å². The number of ether oxygens (including phenoxy) is 3. The Hall–Kier alpha value is -5.09. The van der Waals surface area contributed by atoms with Gasteiger partial charge >= 0.3 is 33.6 Å². The largest absolute Gasteiger partial charge is 0.472 e. The van der Waals surface area contributed by atoms with Crippen LogP contribution >= 0.6 is 15.6 Å². The van der Waals surface area contributed by atoms with E-state index in [2.05, 4.69) is 191 Å². The number of hydrogen-bond donors (Lipinski definition) is 4. The van der Waals surface area contributed by atoms with Gasteiger partial charge in [-0.25, -0.2) is 9.13 Å². The lowest BCUT2D eigenvalue weighted by Crippen LogP contribution is -2.30. The zero-order chi connectivity index (χ0) is 89.3. The van der Waals surface area contributed by atoms with Crippen LogP contribution in [-0.4, -0.2) is 95.9 Å². The van der Waals surface area contributed by atoms with Crippen LogP contribution in [0.5, 0.6) is 0 Å². The molecule has 0 heterocycles. The van der Waals surface area contributed by atoms with Crippen LogP contribution in [0, 0.1) is 0 Å². The van der Waals surface area contributed by atoms with Crippen molar-refractivity contribution in [2.75, 3.05) is 39.6 Å². The van der Waals surface area contributed by atoms with E-state index in [1.807, 2.05) is 0 Å². The molecular formula is C105H180O16P2. The summed E-state index contributed by atoms with van der Waals surface area (Å²) < 4.78 is 61.6. The van der Waals surface area contributed by atoms with E-state index in [9.17, 15) is 43.5 Å². The van der Waals surface area contributed by atoms with Gasteiger partial charge in [-0.2, -0.15) is 0 Å². The second-order valence-electron chi connectivity index (χ2n) is 32.8. The normalized spacial score (nSPS) is 14.4. The van der Waals surface area contributed by atoms with Gasteiger partial charge < -0.3 is 34.2 Å². The third-order valence-electron chi connectivity index (χ3n) is 20.9. The van der Waals surface area contributed by atoms with Gasteiger partial charge in [0.05, 0.1) is 26.4 Å². The second kappa shape index (κ2) is 96.0. The van der Waals surface area contributed by atoms with Crippen LogP contribution in [0.3, 0.4) is 0 Å². The minimum absolute atomic E-state index is 0.0934. The average molecular weight is 1760 g/mol. The van der Waals surface area contributed by atoms with Gasteiger partial charge in [-0.3, -0.25) is 32.5 Å². The van der Waals surface area contributed by atoms with Crippen molar-refractivity contribution < 1.29 is 75.8 Å². The summed E-state index contributed by atoms with van der Waals surface area (Å²) in [6.45, 7) is 2.49. The molecule has 123 heavy (non-hydrogen) atoms. The number of carbonyl (C=O) groups excluding carboxylic acids is 3. The Morgan fingerprint density at radius 1 is 0.236 bits per heavy atom. The first-order valence-corrected chi connectivity index (χ1v) is 52.4. The molecule has 0 aromatic heterocycles. The van der Waals surface area contributed by atoms with Crippen molar-refractivity contribution in [2.24, 2.45) is 0 Å². The topological polar surface area (TPSA) is 231 Å². The molecule has 0 spiro atoms. The Morgan fingerprint density at radius 2 is 0.431 bits per heavy atom. The second-order valence-corrected chi connectivity index (χ2v) is 35.7. The van der Waals surface area contributed by atoms with Crippen LogP contribution in [0.25, 0.3) is 0 Å². The fourth-order valence-electron chi connectivity index (χ4n) is 13.5. The van der Waals surface area contributed by atoms with Crippen LogP contribution < -0.4 is 0 Å². The minimum Gasteiger partial charge on any atom is -0.463 e. The molecule has 0 fully saturated rings. The standard InChI is InChI=1S/C105H180O16P2/c1-4-7-10-13-16-19-22-25-28-31-34-37-40-43-45-47-48-49-50-52-54-56-58-61-64-67-70-73-76-79-82-85-88-91-103(108)115-94-100(106)95-117-122(111,112)118-96-101(107)97-119-123(113,114)120-99-102(121-105(110)93-90-87-84-81-78-75-72-69-66-63-60-55-42-39-36-33-30-27-24-21-18-15-12-9-6-3)98-116-104(109)92-89-86-83-80-77-74-71-68-65-62-59-57-53-51-46-44-41-38-35-32-29-26-23-20-17-14-11-8-5-2/h7,9-10,12,16-21,25-30,34-39,43-46,55,60,100-102,106-107H,4-6,8,11,13-15,22-24,31-33,40-42,47-54,56-59,61-99H2,1-3H3,(H,111,112)(H,113,114)/b10-7-,12-9-,19-16-,20-17-,21-18-,28-25-,29-26-,30-27-,37-34-,38-35-,39-36-,45-43-,46-44-,60-55-. The van der Waals surface area contributed by atoms with Gasteiger partial charge in [-0.05, 0) is 154 Å². The molecule has 706 valence electrons. The summed E-state index contributed by atoms with van der Waals surface area (Å²) in [5, 5.41) is 20.8. The van der Waals surface area contributed by atoms with Crippen molar-refractivity contribution in [3.63, 3.8) is 0 Å². The Morgan fingerprint density at radius 3 is 0.683 bits per heavy atom. The Labute approximate surface area is 752 Å². The van der Waals surface area contributed by atoms with E-state index in [1.54, 1.807) is 0 Å². The van der Waals surface area contributed by atoms with E-state index in [0.29, 0.717) is 19.3 Å². The maximum absolute atomic E-state index is 13.1. The van der Waals surface area contributed by atoms with Crippen LogP contribution in [0.2, 0.25) is 0 Å². The number of unbranched alkanes of at least 4 members (excludes halogenated alkanes) is 42. The SMILES string of the molecule is CC/C=C\C/C=C\C/C=C\C/C=C\C/C=C\CCCCCCCCCCCCCCCCCCCC(=O)OCC(O)COP(=O)(O)OCC(O)COP(=O)(O)OCC(COC(=O)CCCCCCCCCCCCCCC/C=C\C/C=C\C/C=C\C/C=C\CCCCC)OC(=O)CCCCCCCCCCC/C=C\C/C=C\C/C=C\C/C=C\C/C=C\CC. The van der Waals surface area contributed by atoms with Crippen LogP contribution in [0.4, 0.5) is 0 Å². The Balaban J connectivity index is 4.59. The molecule has 0 amide bonds. The third-order valence-corrected chi connectivity index (χ3v) is 22.8. The third kappa shape index (κ3) is 97.4. The number of hydrogen-bond acceptors (Lipinski definition) is 14. The van der Waals surface area contributed by atoms with Crippen molar-refractivity contribution >= 4 is 33.6 Å². The first kappa shape index (κ1) is 118. The Kier molecular flexibility index (Phi) is 92.0. The quantitative estimate of drug-likeness (QED) is 0.0146. The number of rotatable bonds is 93. The van der Waals surface area contributed by atoms with Crippen LogP contribution in [-0.2, 0) is 55.8 Å². The van der Waals surface area contributed by atoms with Gasteiger partial charge in [0.1, 0.15) is 25.4 Å². The van der Waals surface area contributed by atoms with Crippen molar-refractivity contribution in [1.82, 2.24) is 0 Å². The van der Waals surface area contributed by atoms with Gasteiger partial charge in [-0.1, -0.05) is 416 Å². The van der Waals surface area contributed by atoms with Crippen molar-refractivity contribution in [3.05, 3.63) is 170 Å². The molecular weight excluding hydrogens is 1580 g/mol. The van der Waals surface area contributed by atoms with E-state index in [4.69, 9.17) is 32.3 Å². The number of esters is 3. The van der Waals surface area contributed by atoms with Crippen molar-refractivity contribution in [1.29, 1.82) is 0 Å². The molecule has 0 aliphatic heterocycles. The van der Waals surface area contributed by atoms with Gasteiger partial charge in [0, 0.05) is 19.3 Å². The minimum atomic E-state index is -4.95. The molecule has 5 atom stereocenters. The zero-order valence-corrected chi connectivity index (χ0v) is 79.9. The summed E-state index contributed by atoms with van der Waals surface area (Å²) in [4.78, 5) is 59.2. The first-order chi connectivity index (χ1) is 60.2. The maximum atomic E-state index is 13.1. The lowest BCUT2D eigenvalue weighted by atomic mass is 10.0. The van der Waals surface area contributed by atoms with Gasteiger partial charge in [0.2, 0.25) is 0 Å². The van der Waals surface area contributed by atoms with E-state index in [0.717, 1.165) is 167 Å². The average Bonchev–Trinajstić information content (AvgIpc) is 0.892. The van der Waals surface area contributed by atoms with E-state index < -0.39 is 91.5 Å².